The van der Waals surface area contributed by atoms with Crippen LogP contribution < -0.4 is 9.46 Å². The van der Waals surface area contributed by atoms with Gasteiger partial charge in [-0.05, 0) is 26.8 Å². The van der Waals surface area contributed by atoms with Crippen LogP contribution in [0.25, 0.3) is 0 Å². The minimum atomic E-state index is -3.46. The van der Waals surface area contributed by atoms with E-state index in [2.05, 4.69) is 9.71 Å². The van der Waals surface area contributed by atoms with Crippen molar-refractivity contribution < 1.29 is 13.2 Å². The second-order valence-corrected chi connectivity index (χ2v) is 7.76. The first kappa shape index (κ1) is 16.9. The molecule has 1 heterocycles. The van der Waals surface area contributed by atoms with Crippen LogP contribution in [0.1, 0.15) is 38.1 Å². The van der Waals surface area contributed by atoms with Crippen LogP contribution in [-0.4, -0.2) is 19.5 Å². The first-order valence-electron chi connectivity index (χ1n) is 7.00. The second kappa shape index (κ2) is 7.21. The van der Waals surface area contributed by atoms with Gasteiger partial charge in [0, 0.05) is 17.0 Å². The van der Waals surface area contributed by atoms with Gasteiger partial charge in [-0.25, -0.2) is 18.1 Å². The highest BCUT2D eigenvalue weighted by molar-refractivity contribution is 7.88. The van der Waals surface area contributed by atoms with E-state index in [9.17, 15) is 8.42 Å². The number of benzene rings is 1. The van der Waals surface area contributed by atoms with E-state index < -0.39 is 10.0 Å². The van der Waals surface area contributed by atoms with Crippen LogP contribution in [0.5, 0.6) is 5.75 Å². The van der Waals surface area contributed by atoms with Crippen LogP contribution in [0.3, 0.4) is 0 Å². The average molecular weight is 340 g/mol. The van der Waals surface area contributed by atoms with Gasteiger partial charge in [-0.3, -0.25) is 0 Å². The number of nitrogens with one attached hydrogen (secondary N) is 1. The summed E-state index contributed by atoms with van der Waals surface area (Å²) in [6.45, 7) is 5.68. The van der Waals surface area contributed by atoms with Gasteiger partial charge in [0.1, 0.15) is 11.5 Å². The Balaban J connectivity index is 2.13. The molecule has 0 amide bonds. The Labute approximate surface area is 135 Å². The highest BCUT2D eigenvalue weighted by atomic mass is 32.2. The molecule has 2 aromatic rings. The first-order chi connectivity index (χ1) is 10.4. The molecule has 1 aromatic carbocycles. The van der Waals surface area contributed by atoms with Crippen LogP contribution in [0, 0.1) is 0 Å². The first-order valence-corrected chi connectivity index (χ1v) is 9.59. The molecule has 0 unspecified atom stereocenters. The summed E-state index contributed by atoms with van der Waals surface area (Å²) in [6, 6.07) is 7.08. The molecule has 1 N–H and O–H groups in total. The maximum atomic E-state index is 12.2. The van der Waals surface area contributed by atoms with Crippen molar-refractivity contribution in [2.24, 2.45) is 0 Å². The van der Waals surface area contributed by atoms with Gasteiger partial charge in [-0.2, -0.15) is 0 Å². The van der Waals surface area contributed by atoms with Gasteiger partial charge in [0.25, 0.3) is 0 Å². The van der Waals surface area contributed by atoms with Crippen molar-refractivity contribution in [3.63, 3.8) is 0 Å². The van der Waals surface area contributed by atoms with Gasteiger partial charge in [0.2, 0.25) is 10.0 Å². The van der Waals surface area contributed by atoms with Crippen LogP contribution in [-0.2, 0) is 15.8 Å². The zero-order valence-corrected chi connectivity index (χ0v) is 14.4. The molecule has 22 heavy (non-hydrogen) atoms. The molecule has 120 valence electrons. The summed E-state index contributed by atoms with van der Waals surface area (Å²) in [5.41, 5.74) is 2.99. The van der Waals surface area contributed by atoms with Crippen molar-refractivity contribution in [1.82, 2.24) is 9.71 Å². The van der Waals surface area contributed by atoms with Crippen LogP contribution in [0.4, 0.5) is 0 Å². The Kier molecular flexibility index (Phi) is 5.55. The van der Waals surface area contributed by atoms with E-state index in [0.29, 0.717) is 11.4 Å². The van der Waals surface area contributed by atoms with Crippen LogP contribution >= 0.6 is 11.3 Å². The zero-order chi connectivity index (χ0) is 16.2. The summed E-state index contributed by atoms with van der Waals surface area (Å²) in [5, 5.41) is 1.74. The predicted octanol–water partition coefficient (Wildman–Crippen LogP) is 3.11. The van der Waals surface area contributed by atoms with Crippen LogP contribution in [0.15, 0.2) is 35.2 Å². The van der Waals surface area contributed by atoms with E-state index in [4.69, 9.17) is 4.74 Å². The molecule has 5 nitrogen and oxygen atoms in total. The molecule has 0 aliphatic rings. The van der Waals surface area contributed by atoms with E-state index in [1.807, 2.05) is 38.1 Å². The molecule has 0 fully saturated rings. The summed E-state index contributed by atoms with van der Waals surface area (Å²) < 4.78 is 32.9. The fourth-order valence-electron chi connectivity index (χ4n) is 2.08. The normalized spacial score (nSPS) is 13.3. The third kappa shape index (κ3) is 4.79. The lowest BCUT2D eigenvalue weighted by Gasteiger charge is -2.19. The Hall–Kier alpha value is -1.44. The minimum absolute atomic E-state index is 0.0277. The molecule has 0 bridgehead atoms. The number of aromatic nitrogens is 1. The number of para-hydroxylation sites is 1. The number of hydrogen-bond donors (Lipinski definition) is 1. The van der Waals surface area contributed by atoms with E-state index in [1.165, 1.54) is 11.3 Å². The van der Waals surface area contributed by atoms with Gasteiger partial charge >= 0.3 is 0 Å². The zero-order valence-electron chi connectivity index (χ0n) is 12.8. The Morgan fingerprint density at radius 1 is 1.27 bits per heavy atom. The lowest BCUT2D eigenvalue weighted by Crippen LogP contribution is -2.28. The number of nitrogens with zero attached hydrogens (tertiary/aromatic N) is 1. The monoisotopic (exact) mass is 340 g/mol. The van der Waals surface area contributed by atoms with Gasteiger partial charge in [-0.15, -0.1) is 11.3 Å². The summed E-state index contributed by atoms with van der Waals surface area (Å²) in [6.07, 6.45) is 0.0277. The van der Waals surface area contributed by atoms with E-state index >= 15 is 0 Å². The van der Waals surface area contributed by atoms with Crippen LogP contribution in [0.2, 0.25) is 0 Å². The molecule has 1 aromatic heterocycles. The van der Waals surface area contributed by atoms with Gasteiger partial charge in [0.15, 0.2) is 0 Å². The lowest BCUT2D eigenvalue weighted by molar-refractivity contribution is 0.238. The molecule has 1 atom stereocenters. The third-order valence-electron chi connectivity index (χ3n) is 2.93. The molecule has 0 spiro atoms. The van der Waals surface area contributed by atoms with E-state index in [1.54, 1.807) is 17.8 Å². The molecule has 0 aliphatic heterocycles. The molecule has 0 saturated carbocycles. The summed E-state index contributed by atoms with van der Waals surface area (Å²) in [7, 11) is -3.46. The largest absolute Gasteiger partial charge is 0.491 e. The molecular weight excluding hydrogens is 320 g/mol. The molecule has 0 aliphatic carbocycles. The molecule has 0 saturated heterocycles. The number of thiazole rings is 1. The van der Waals surface area contributed by atoms with Crippen molar-refractivity contribution in [2.45, 2.75) is 38.7 Å². The van der Waals surface area contributed by atoms with E-state index in [0.717, 1.165) is 5.56 Å². The van der Waals surface area contributed by atoms with Crippen molar-refractivity contribution in [3.8, 4) is 5.75 Å². The predicted molar refractivity (Wildman–Crippen MR) is 88.5 cm³/mol. The maximum absolute atomic E-state index is 12.2. The second-order valence-electron chi connectivity index (χ2n) is 5.28. The Bertz CT molecular complexity index is 697. The number of sulfonamides is 1. The van der Waals surface area contributed by atoms with Gasteiger partial charge in [-0.1, -0.05) is 18.2 Å². The van der Waals surface area contributed by atoms with Gasteiger partial charge < -0.3 is 4.74 Å². The van der Waals surface area contributed by atoms with Crippen molar-refractivity contribution in [2.75, 3.05) is 0 Å². The topological polar surface area (TPSA) is 68.3 Å². The lowest BCUT2D eigenvalue weighted by atomic mass is 10.1. The van der Waals surface area contributed by atoms with Gasteiger partial charge in [0.05, 0.1) is 17.3 Å². The Morgan fingerprint density at radius 2 is 2.00 bits per heavy atom. The number of rotatable bonds is 7. The average Bonchev–Trinajstić information content (AvgIpc) is 2.89. The number of ether oxygens (including phenoxy) is 1. The van der Waals surface area contributed by atoms with Crippen molar-refractivity contribution >= 4 is 21.4 Å². The fourth-order valence-corrected chi connectivity index (χ4v) is 4.04. The quantitative estimate of drug-likeness (QED) is 0.841. The van der Waals surface area contributed by atoms with E-state index in [-0.39, 0.29) is 17.9 Å². The molecule has 7 heteroatoms. The third-order valence-corrected chi connectivity index (χ3v) is 4.95. The van der Waals surface area contributed by atoms with Crippen molar-refractivity contribution in [3.05, 3.63) is 46.4 Å². The summed E-state index contributed by atoms with van der Waals surface area (Å²) in [5.74, 6) is 0.579. The Morgan fingerprint density at radius 3 is 2.64 bits per heavy atom. The maximum Gasteiger partial charge on any atom is 0.217 e. The fraction of sp³-hybridized carbons (Fsp3) is 0.400. The summed E-state index contributed by atoms with van der Waals surface area (Å²) >= 11 is 1.38. The summed E-state index contributed by atoms with van der Waals surface area (Å²) in [4.78, 5) is 4.01. The highest BCUT2D eigenvalue weighted by Crippen LogP contribution is 2.26. The molecular formula is C15H20N2O3S2. The SMILES string of the molecule is CC(C)Oc1ccccc1[C@H](C)NS(=O)(=O)Cc1cscn1. The molecule has 2 rings (SSSR count). The number of hydrogen-bond acceptors (Lipinski definition) is 5. The standard InChI is InChI=1S/C15H20N2O3S2/c1-11(2)20-15-7-5-4-6-14(15)12(3)17-22(18,19)9-13-8-21-10-16-13/h4-8,10-12,17H,9H2,1-3H3/t12-/m0/s1. The van der Waals surface area contributed by atoms with Crippen molar-refractivity contribution in [1.29, 1.82) is 0 Å². The minimum Gasteiger partial charge on any atom is -0.491 e. The highest BCUT2D eigenvalue weighted by Gasteiger charge is 2.20. The smallest absolute Gasteiger partial charge is 0.217 e. The molecule has 0 radical (unpaired) electrons.